The van der Waals surface area contributed by atoms with Gasteiger partial charge in [-0.25, -0.2) is 4.98 Å². The van der Waals surface area contributed by atoms with Gasteiger partial charge in [0, 0.05) is 37.5 Å². The Bertz CT molecular complexity index is 1150. The van der Waals surface area contributed by atoms with Crippen molar-refractivity contribution in [1.29, 1.82) is 0 Å². The van der Waals surface area contributed by atoms with Crippen molar-refractivity contribution in [2.75, 3.05) is 26.7 Å². The SMILES string of the molecule is CC[C@H](C)[C@@H]1NC(=O)CC[C@@H](C(=O)NCCCc2nc(C)cs2)NC(=O)c2ccccc2OCCN(C)C1=O. The Morgan fingerprint density at radius 3 is 2.74 bits per heavy atom. The third-order valence-electron chi connectivity index (χ3n) is 6.80. The predicted molar refractivity (Wildman–Crippen MR) is 150 cm³/mol. The molecule has 11 heteroatoms. The van der Waals surface area contributed by atoms with Gasteiger partial charge in [0.1, 0.15) is 24.4 Å². The summed E-state index contributed by atoms with van der Waals surface area (Å²) in [6.07, 6.45) is 2.19. The monoisotopic (exact) mass is 557 g/mol. The van der Waals surface area contributed by atoms with Crippen molar-refractivity contribution < 1.29 is 23.9 Å². The minimum atomic E-state index is -0.941. The predicted octanol–water partition coefficient (Wildman–Crippen LogP) is 2.46. The summed E-state index contributed by atoms with van der Waals surface area (Å²) in [5.74, 6) is -1.12. The molecule has 0 saturated carbocycles. The number of amides is 4. The van der Waals surface area contributed by atoms with E-state index in [1.165, 1.54) is 4.90 Å². The van der Waals surface area contributed by atoms with E-state index in [1.807, 2.05) is 26.2 Å². The lowest BCUT2D eigenvalue weighted by molar-refractivity contribution is -0.137. The molecule has 212 valence electrons. The summed E-state index contributed by atoms with van der Waals surface area (Å²) < 4.78 is 5.87. The minimum Gasteiger partial charge on any atom is -0.491 e. The Morgan fingerprint density at radius 1 is 1.26 bits per heavy atom. The van der Waals surface area contributed by atoms with Gasteiger partial charge < -0.3 is 25.6 Å². The third kappa shape index (κ3) is 8.77. The molecule has 0 aliphatic carbocycles. The van der Waals surface area contributed by atoms with E-state index in [1.54, 1.807) is 42.6 Å². The molecule has 3 rings (SSSR count). The molecule has 3 atom stereocenters. The highest BCUT2D eigenvalue weighted by molar-refractivity contribution is 7.09. The van der Waals surface area contributed by atoms with Gasteiger partial charge in [-0.3, -0.25) is 19.2 Å². The second kappa shape index (κ2) is 14.6. The number of nitrogens with one attached hydrogen (secondary N) is 3. The maximum Gasteiger partial charge on any atom is 0.255 e. The van der Waals surface area contributed by atoms with Gasteiger partial charge in [-0.1, -0.05) is 32.4 Å². The van der Waals surface area contributed by atoms with Crippen molar-refractivity contribution in [3.63, 3.8) is 0 Å². The Balaban J connectivity index is 1.76. The van der Waals surface area contributed by atoms with Gasteiger partial charge in [0.2, 0.25) is 17.7 Å². The van der Waals surface area contributed by atoms with Gasteiger partial charge in [0.25, 0.3) is 5.91 Å². The van der Waals surface area contributed by atoms with E-state index in [9.17, 15) is 19.2 Å². The zero-order valence-corrected chi connectivity index (χ0v) is 23.9. The summed E-state index contributed by atoms with van der Waals surface area (Å²) in [5.41, 5.74) is 1.25. The van der Waals surface area contributed by atoms with Crippen LogP contribution in [0.5, 0.6) is 5.75 Å². The molecule has 0 radical (unpaired) electrons. The molecule has 0 bridgehead atoms. The lowest BCUT2D eigenvalue weighted by Gasteiger charge is -2.28. The zero-order chi connectivity index (χ0) is 28.4. The number of hydrogen-bond acceptors (Lipinski definition) is 7. The lowest BCUT2D eigenvalue weighted by atomic mass is 9.97. The topological polar surface area (TPSA) is 130 Å². The number of rotatable bonds is 7. The molecule has 3 N–H and O–H groups in total. The molecule has 0 saturated heterocycles. The number of carbonyl (C=O) groups is 4. The van der Waals surface area contributed by atoms with Crippen molar-refractivity contribution in [2.24, 2.45) is 5.92 Å². The standard InChI is InChI=1S/C28H39N5O5S/c1-5-18(2)25-28(37)33(4)15-16-38-22-10-7-6-9-20(22)26(35)31-21(12-13-23(34)32-25)27(36)29-14-8-11-24-30-19(3)17-39-24/h6-7,9-10,17-18,21,25H,5,8,11-16H2,1-4H3,(H,29,36)(H,31,35)(H,32,34)/t18-,21-,25-/m0/s1. The maximum atomic E-state index is 13.2. The number of fused-ring (bicyclic) bond motifs is 1. The second-order valence-corrected chi connectivity index (χ2v) is 10.8. The van der Waals surface area contributed by atoms with Crippen molar-refractivity contribution in [3.8, 4) is 5.75 Å². The average Bonchev–Trinajstić information content (AvgIpc) is 3.35. The molecule has 1 aromatic heterocycles. The van der Waals surface area contributed by atoms with E-state index >= 15 is 0 Å². The molecule has 1 aliphatic heterocycles. The summed E-state index contributed by atoms with van der Waals surface area (Å²) in [6, 6.07) is 5.13. The second-order valence-electron chi connectivity index (χ2n) is 9.88. The number of aromatic nitrogens is 1. The molecule has 1 aromatic carbocycles. The van der Waals surface area contributed by atoms with Crippen molar-refractivity contribution in [3.05, 3.63) is 45.9 Å². The highest BCUT2D eigenvalue weighted by Gasteiger charge is 2.30. The summed E-state index contributed by atoms with van der Waals surface area (Å²) in [7, 11) is 1.67. The highest BCUT2D eigenvalue weighted by atomic mass is 32.1. The number of ether oxygens (including phenoxy) is 1. The van der Waals surface area contributed by atoms with Gasteiger partial charge in [0.05, 0.1) is 17.1 Å². The van der Waals surface area contributed by atoms with E-state index in [0.717, 1.165) is 17.1 Å². The first kappa shape index (κ1) is 30.1. The summed E-state index contributed by atoms with van der Waals surface area (Å²) >= 11 is 1.59. The van der Waals surface area contributed by atoms with E-state index in [2.05, 4.69) is 20.9 Å². The van der Waals surface area contributed by atoms with Crippen LogP contribution in [0.1, 0.15) is 60.6 Å². The Hall–Kier alpha value is -3.47. The summed E-state index contributed by atoms with van der Waals surface area (Å²) in [4.78, 5) is 58.4. The first-order valence-electron chi connectivity index (χ1n) is 13.4. The maximum absolute atomic E-state index is 13.2. The molecule has 10 nitrogen and oxygen atoms in total. The number of nitrogens with zero attached hydrogens (tertiary/aromatic N) is 2. The number of carbonyl (C=O) groups excluding carboxylic acids is 4. The normalized spacial score (nSPS) is 20.0. The van der Waals surface area contributed by atoms with Crippen LogP contribution >= 0.6 is 11.3 Å². The van der Waals surface area contributed by atoms with Crippen LogP contribution < -0.4 is 20.7 Å². The van der Waals surface area contributed by atoms with Gasteiger partial charge in [-0.05, 0) is 37.8 Å². The third-order valence-corrected chi connectivity index (χ3v) is 7.83. The van der Waals surface area contributed by atoms with Crippen LogP contribution in [-0.4, -0.2) is 72.3 Å². The first-order valence-corrected chi connectivity index (χ1v) is 14.3. The van der Waals surface area contributed by atoms with Crippen molar-refractivity contribution in [1.82, 2.24) is 25.8 Å². The van der Waals surface area contributed by atoms with Crippen molar-refractivity contribution >= 4 is 35.0 Å². The number of para-hydroxylation sites is 1. The zero-order valence-electron chi connectivity index (χ0n) is 23.1. The number of benzene rings is 1. The largest absolute Gasteiger partial charge is 0.491 e. The highest BCUT2D eigenvalue weighted by Crippen LogP contribution is 2.19. The molecule has 4 amide bonds. The smallest absolute Gasteiger partial charge is 0.255 e. The fourth-order valence-electron chi connectivity index (χ4n) is 4.22. The van der Waals surface area contributed by atoms with Crippen LogP contribution in [0.25, 0.3) is 0 Å². The molecule has 2 aromatic rings. The lowest BCUT2D eigenvalue weighted by Crippen LogP contribution is -2.52. The molecule has 2 heterocycles. The Morgan fingerprint density at radius 2 is 2.03 bits per heavy atom. The van der Waals surface area contributed by atoms with Crippen LogP contribution in [0.3, 0.4) is 0 Å². The van der Waals surface area contributed by atoms with Gasteiger partial charge in [-0.15, -0.1) is 11.3 Å². The average molecular weight is 558 g/mol. The molecule has 0 fully saturated rings. The van der Waals surface area contributed by atoms with Gasteiger partial charge in [-0.2, -0.15) is 0 Å². The molecule has 0 unspecified atom stereocenters. The number of likely N-dealkylation sites (N-methyl/N-ethyl adjacent to an activating group) is 1. The molecule has 39 heavy (non-hydrogen) atoms. The number of hydrogen-bond donors (Lipinski definition) is 3. The van der Waals surface area contributed by atoms with Gasteiger partial charge in [0.15, 0.2) is 0 Å². The van der Waals surface area contributed by atoms with Crippen LogP contribution in [0.4, 0.5) is 0 Å². The van der Waals surface area contributed by atoms with Crippen molar-refractivity contribution in [2.45, 2.75) is 65.0 Å². The number of thiazole rings is 1. The minimum absolute atomic E-state index is 0.0289. The van der Waals surface area contributed by atoms with Gasteiger partial charge >= 0.3 is 0 Å². The Labute approximate surface area is 233 Å². The van der Waals surface area contributed by atoms with E-state index in [4.69, 9.17) is 4.74 Å². The number of aryl methyl sites for hydroxylation is 2. The molecule has 1 aliphatic rings. The quantitative estimate of drug-likeness (QED) is 0.449. The molecule has 0 spiro atoms. The van der Waals surface area contributed by atoms with E-state index in [-0.39, 0.29) is 55.2 Å². The first-order chi connectivity index (χ1) is 18.7. The van der Waals surface area contributed by atoms with Crippen LogP contribution in [0.15, 0.2) is 29.6 Å². The molecular formula is C28H39N5O5S. The van der Waals surface area contributed by atoms with Crippen LogP contribution in [-0.2, 0) is 20.8 Å². The summed E-state index contributed by atoms with van der Waals surface area (Å²) in [6.45, 7) is 6.68. The fourth-order valence-corrected chi connectivity index (χ4v) is 5.04. The summed E-state index contributed by atoms with van der Waals surface area (Å²) in [5, 5.41) is 11.5. The van der Waals surface area contributed by atoms with Crippen LogP contribution in [0, 0.1) is 12.8 Å². The van der Waals surface area contributed by atoms with E-state index in [0.29, 0.717) is 25.1 Å². The van der Waals surface area contributed by atoms with Crippen LogP contribution in [0.2, 0.25) is 0 Å². The van der Waals surface area contributed by atoms with E-state index < -0.39 is 18.0 Å². The Kier molecular flexibility index (Phi) is 11.3. The fraction of sp³-hybridized carbons (Fsp3) is 0.536. The molecular weight excluding hydrogens is 518 g/mol.